The van der Waals surface area contributed by atoms with Crippen molar-refractivity contribution >= 4 is 5.97 Å². The molecule has 5 fully saturated rings. The number of rotatable bonds is 2. The lowest BCUT2D eigenvalue weighted by molar-refractivity contribution is -0.576. The van der Waals surface area contributed by atoms with Crippen LogP contribution in [0, 0.1) is 23.7 Å². The Morgan fingerprint density at radius 3 is 2.64 bits per heavy atom. The monoisotopic (exact) mass is 388 g/mol. The van der Waals surface area contributed by atoms with Crippen LogP contribution in [0.1, 0.15) is 56.8 Å². The zero-order chi connectivity index (χ0) is 19.5. The van der Waals surface area contributed by atoms with Gasteiger partial charge in [0.1, 0.15) is 0 Å². The Morgan fingerprint density at radius 2 is 1.86 bits per heavy atom. The van der Waals surface area contributed by atoms with E-state index in [4.69, 9.17) is 24.0 Å². The number of hydrogen-bond donors (Lipinski definition) is 0. The molecular weight excluding hydrogens is 360 g/mol. The maximum absolute atomic E-state index is 12.6. The second-order valence-corrected chi connectivity index (χ2v) is 9.05. The molecule has 0 unspecified atom stereocenters. The number of hydrogen-bond acceptors (Lipinski definition) is 6. The second kappa shape index (κ2) is 6.52. The Labute approximate surface area is 165 Å². The summed E-state index contributed by atoms with van der Waals surface area (Å²) in [4.78, 5) is 24.5. The lowest BCUT2D eigenvalue weighted by Gasteiger charge is -2.59. The van der Waals surface area contributed by atoms with E-state index >= 15 is 0 Å². The van der Waals surface area contributed by atoms with Crippen molar-refractivity contribution in [3.63, 3.8) is 0 Å². The van der Waals surface area contributed by atoms with E-state index < -0.39 is 24.0 Å². The van der Waals surface area contributed by atoms with Crippen LogP contribution in [0.4, 0.5) is 0 Å². The van der Waals surface area contributed by atoms with Gasteiger partial charge < -0.3 is 14.2 Å². The van der Waals surface area contributed by atoms with E-state index in [2.05, 4.69) is 13.8 Å². The molecule has 0 aromatic heterocycles. The van der Waals surface area contributed by atoms with Crippen LogP contribution in [0.25, 0.3) is 0 Å². The van der Waals surface area contributed by atoms with Crippen LogP contribution in [0.5, 0.6) is 0 Å². The van der Waals surface area contributed by atoms with E-state index in [0.29, 0.717) is 17.4 Å². The largest absolute Gasteiger partial charge is 0.432 e. The van der Waals surface area contributed by atoms with E-state index in [0.717, 1.165) is 25.7 Å². The highest BCUT2D eigenvalue weighted by atomic mass is 17.3. The van der Waals surface area contributed by atoms with Crippen molar-refractivity contribution in [3.8, 4) is 0 Å². The molecule has 28 heavy (non-hydrogen) atoms. The third kappa shape index (κ3) is 2.65. The molecule has 6 rings (SSSR count). The molecule has 4 saturated heterocycles. The summed E-state index contributed by atoms with van der Waals surface area (Å²) in [6, 6.07) is 9.01. The van der Waals surface area contributed by atoms with Gasteiger partial charge in [-0.05, 0) is 50.2 Å². The fourth-order valence-electron chi connectivity index (χ4n) is 5.75. The predicted molar refractivity (Wildman–Crippen MR) is 98.7 cm³/mol. The molecule has 5 aliphatic rings. The molecular formula is C22H28O6. The van der Waals surface area contributed by atoms with Gasteiger partial charge in [0.15, 0.2) is 11.9 Å². The van der Waals surface area contributed by atoms with Crippen molar-refractivity contribution in [2.24, 2.45) is 23.7 Å². The molecule has 1 spiro atoms. The summed E-state index contributed by atoms with van der Waals surface area (Å²) >= 11 is 0. The van der Waals surface area contributed by atoms with Crippen molar-refractivity contribution < 1.29 is 28.8 Å². The van der Waals surface area contributed by atoms with Gasteiger partial charge in [-0.1, -0.05) is 32.0 Å². The quantitative estimate of drug-likeness (QED) is 0.563. The lowest BCUT2D eigenvalue weighted by atomic mass is 9.58. The fraction of sp³-hybridized carbons (Fsp3) is 0.682. The van der Waals surface area contributed by atoms with Gasteiger partial charge in [0.2, 0.25) is 12.1 Å². The molecule has 0 amide bonds. The summed E-state index contributed by atoms with van der Waals surface area (Å²) < 4.78 is 18.4. The minimum Gasteiger partial charge on any atom is -0.432 e. The first kappa shape index (κ1) is 18.6. The third-order valence-corrected chi connectivity index (χ3v) is 7.33. The first-order valence-corrected chi connectivity index (χ1v) is 10.4. The molecule has 152 valence electrons. The molecule has 0 N–H and O–H groups in total. The van der Waals surface area contributed by atoms with Crippen LogP contribution in [-0.2, 0) is 24.0 Å². The summed E-state index contributed by atoms with van der Waals surface area (Å²) in [6.07, 6.45) is 2.56. The van der Waals surface area contributed by atoms with Gasteiger partial charge in [0.25, 0.3) is 0 Å². The summed E-state index contributed by atoms with van der Waals surface area (Å²) in [5.74, 6) is -0.278. The summed E-state index contributed by atoms with van der Waals surface area (Å²) in [7, 11) is 0. The normalized spacial score (nSPS) is 47.1. The van der Waals surface area contributed by atoms with E-state index in [1.54, 1.807) is 12.1 Å². The lowest BCUT2D eigenvalue weighted by Crippen LogP contribution is -2.70. The zero-order valence-electron chi connectivity index (χ0n) is 16.6. The number of benzene rings is 1. The maximum atomic E-state index is 12.6. The van der Waals surface area contributed by atoms with Crippen molar-refractivity contribution in [1.82, 2.24) is 0 Å². The molecule has 1 aromatic carbocycles. The van der Waals surface area contributed by atoms with Gasteiger partial charge in [-0.25, -0.2) is 14.6 Å². The average Bonchev–Trinajstić information content (AvgIpc) is 2.92. The van der Waals surface area contributed by atoms with E-state index in [1.165, 1.54) is 0 Å². The number of esters is 1. The second-order valence-electron chi connectivity index (χ2n) is 9.05. The van der Waals surface area contributed by atoms with Gasteiger partial charge in [-0.15, -0.1) is 0 Å². The molecule has 2 bridgehead atoms. The molecule has 4 heterocycles. The molecule has 6 heteroatoms. The van der Waals surface area contributed by atoms with Crippen LogP contribution in [0.15, 0.2) is 30.3 Å². The van der Waals surface area contributed by atoms with Crippen LogP contribution in [0.3, 0.4) is 0 Å². The van der Waals surface area contributed by atoms with Gasteiger partial charge in [0, 0.05) is 18.3 Å². The highest BCUT2D eigenvalue weighted by molar-refractivity contribution is 5.89. The summed E-state index contributed by atoms with van der Waals surface area (Å²) in [5.41, 5.74) is -0.119. The number of carbonyl (C=O) groups is 1. The van der Waals surface area contributed by atoms with Crippen molar-refractivity contribution in [3.05, 3.63) is 35.9 Å². The maximum Gasteiger partial charge on any atom is 0.340 e. The topological polar surface area (TPSA) is 63.2 Å². The fourth-order valence-corrected chi connectivity index (χ4v) is 5.75. The number of carbonyl (C=O) groups excluding carboxylic acids is 1. The minimum atomic E-state index is -0.827. The zero-order valence-corrected chi connectivity index (χ0v) is 16.6. The van der Waals surface area contributed by atoms with Gasteiger partial charge in [-0.3, -0.25) is 0 Å². The highest BCUT2D eigenvalue weighted by Crippen LogP contribution is 2.60. The highest BCUT2D eigenvalue weighted by Gasteiger charge is 2.69. The standard InChI is InChI=1S/C22H28O6/c1-13-9-10-17-14(2)19(24-18(23)15-7-5-4-6-8-15)25-20-22(17)16(13)11-12-21(3,26-20)27-28-22/h4-8,13-14,16-17,19-20H,9-12H2,1-3H3/t13-,14-,16+,17+,19-,20-,21-,22-/m1/s1. The Bertz CT molecular complexity index is 753. The van der Waals surface area contributed by atoms with Crippen molar-refractivity contribution in [1.29, 1.82) is 0 Å². The number of ether oxygens (including phenoxy) is 3. The molecule has 1 saturated carbocycles. The number of fused-ring (bicyclic) bond motifs is 2. The summed E-state index contributed by atoms with van der Waals surface area (Å²) in [6.45, 7) is 6.25. The van der Waals surface area contributed by atoms with Crippen LogP contribution < -0.4 is 0 Å². The van der Waals surface area contributed by atoms with Crippen LogP contribution in [-0.4, -0.2) is 29.9 Å². The molecule has 6 nitrogen and oxygen atoms in total. The van der Waals surface area contributed by atoms with E-state index in [9.17, 15) is 4.79 Å². The van der Waals surface area contributed by atoms with Crippen LogP contribution in [0.2, 0.25) is 0 Å². The van der Waals surface area contributed by atoms with Gasteiger partial charge in [0.05, 0.1) is 5.56 Å². The summed E-state index contributed by atoms with van der Waals surface area (Å²) in [5, 5.41) is 0. The Kier molecular flexibility index (Phi) is 4.32. The Balaban J connectivity index is 1.46. The van der Waals surface area contributed by atoms with Crippen molar-refractivity contribution in [2.45, 2.75) is 70.4 Å². The predicted octanol–water partition coefficient (Wildman–Crippen LogP) is 4.05. The molecule has 8 atom stereocenters. The third-order valence-electron chi connectivity index (χ3n) is 7.33. The first-order chi connectivity index (χ1) is 13.4. The minimum absolute atomic E-state index is 0.0198. The smallest absolute Gasteiger partial charge is 0.340 e. The van der Waals surface area contributed by atoms with E-state index in [-0.39, 0.29) is 17.8 Å². The average molecular weight is 388 g/mol. The first-order valence-electron chi connectivity index (χ1n) is 10.4. The SMILES string of the molecule is C[C@H]1[C@H](OC(=O)c2ccccc2)O[C@@H]2O[C@@]3(C)CC[C@H]4[C@H](C)CC[C@@H]1[C@@]24OO3. The van der Waals surface area contributed by atoms with Crippen molar-refractivity contribution in [2.75, 3.05) is 0 Å². The molecule has 0 radical (unpaired) electrons. The van der Waals surface area contributed by atoms with Gasteiger partial charge in [-0.2, -0.15) is 0 Å². The van der Waals surface area contributed by atoms with E-state index in [1.807, 2.05) is 25.1 Å². The Hall–Kier alpha value is -1.47. The van der Waals surface area contributed by atoms with Crippen LogP contribution >= 0.6 is 0 Å². The Morgan fingerprint density at radius 1 is 1.07 bits per heavy atom. The molecule has 1 aliphatic carbocycles. The molecule has 4 aliphatic heterocycles. The van der Waals surface area contributed by atoms with Gasteiger partial charge >= 0.3 is 5.97 Å². The molecule has 1 aromatic rings.